The zero-order valence-electron chi connectivity index (χ0n) is 13.6. The second-order valence-electron chi connectivity index (χ2n) is 6.41. The van der Waals surface area contributed by atoms with Crippen molar-refractivity contribution >= 4 is 0 Å². The first-order valence-electron chi connectivity index (χ1n) is 7.90. The minimum atomic E-state index is -0.290. The van der Waals surface area contributed by atoms with Crippen molar-refractivity contribution in [2.45, 2.75) is 57.5 Å². The SMILES string of the molecule is COCCCN(C)CCC1CCCC1(C#N)NC(C)C. The molecule has 1 aliphatic rings. The molecule has 0 saturated heterocycles. The Balaban J connectivity index is 2.43. The second kappa shape index (κ2) is 8.61. The summed E-state index contributed by atoms with van der Waals surface area (Å²) in [5.74, 6) is 0.486. The third kappa shape index (κ3) is 5.05. The lowest BCUT2D eigenvalue weighted by Crippen LogP contribution is -2.50. The maximum absolute atomic E-state index is 9.63. The number of nitrogens with zero attached hydrogens (tertiary/aromatic N) is 2. The van der Waals surface area contributed by atoms with Gasteiger partial charge in [0.15, 0.2) is 0 Å². The molecule has 1 N–H and O–H groups in total. The first-order chi connectivity index (χ1) is 9.54. The molecule has 1 fully saturated rings. The van der Waals surface area contributed by atoms with Crippen molar-refractivity contribution in [3.63, 3.8) is 0 Å². The van der Waals surface area contributed by atoms with Gasteiger partial charge in [-0.3, -0.25) is 5.32 Å². The van der Waals surface area contributed by atoms with E-state index in [4.69, 9.17) is 4.74 Å². The predicted octanol–water partition coefficient (Wildman–Crippen LogP) is 2.41. The number of nitrogens with one attached hydrogen (secondary N) is 1. The highest BCUT2D eigenvalue weighted by Crippen LogP contribution is 2.38. The van der Waals surface area contributed by atoms with Crippen molar-refractivity contribution in [2.24, 2.45) is 5.92 Å². The van der Waals surface area contributed by atoms with Gasteiger partial charge >= 0.3 is 0 Å². The van der Waals surface area contributed by atoms with Crippen molar-refractivity contribution in [3.8, 4) is 6.07 Å². The molecule has 2 atom stereocenters. The molecule has 0 aromatic carbocycles. The van der Waals surface area contributed by atoms with E-state index in [-0.39, 0.29) is 5.54 Å². The molecule has 0 heterocycles. The van der Waals surface area contributed by atoms with Crippen LogP contribution >= 0.6 is 0 Å². The van der Waals surface area contributed by atoms with Crippen LogP contribution in [0, 0.1) is 17.2 Å². The molecule has 0 aromatic heterocycles. The van der Waals surface area contributed by atoms with E-state index in [1.165, 1.54) is 12.8 Å². The Kier molecular flexibility index (Phi) is 7.50. The topological polar surface area (TPSA) is 48.3 Å². The molecular weight excluding hydrogens is 250 g/mol. The van der Waals surface area contributed by atoms with Crippen LogP contribution < -0.4 is 5.32 Å². The predicted molar refractivity (Wildman–Crippen MR) is 82.6 cm³/mol. The van der Waals surface area contributed by atoms with Crippen LogP contribution in [-0.2, 0) is 4.74 Å². The zero-order chi connectivity index (χ0) is 15.0. The molecule has 116 valence electrons. The van der Waals surface area contributed by atoms with Gasteiger partial charge in [-0.15, -0.1) is 0 Å². The summed E-state index contributed by atoms with van der Waals surface area (Å²) in [5.41, 5.74) is -0.290. The number of methoxy groups -OCH3 is 1. The quantitative estimate of drug-likeness (QED) is 0.659. The van der Waals surface area contributed by atoms with Crippen LogP contribution in [0.2, 0.25) is 0 Å². The van der Waals surface area contributed by atoms with Crippen molar-refractivity contribution < 1.29 is 4.74 Å². The van der Waals surface area contributed by atoms with Gasteiger partial charge in [-0.05, 0) is 59.0 Å². The van der Waals surface area contributed by atoms with Crippen LogP contribution in [0.4, 0.5) is 0 Å². The third-order valence-corrected chi connectivity index (χ3v) is 4.31. The molecule has 0 radical (unpaired) electrons. The molecule has 1 aliphatic carbocycles. The van der Waals surface area contributed by atoms with Crippen LogP contribution in [-0.4, -0.2) is 50.3 Å². The Bertz CT molecular complexity index is 313. The number of hydrogen-bond donors (Lipinski definition) is 1. The maximum atomic E-state index is 9.63. The molecule has 0 aliphatic heterocycles. The first-order valence-corrected chi connectivity index (χ1v) is 7.90. The second-order valence-corrected chi connectivity index (χ2v) is 6.41. The van der Waals surface area contributed by atoms with E-state index < -0.39 is 0 Å². The Morgan fingerprint density at radius 2 is 2.20 bits per heavy atom. The number of hydrogen-bond acceptors (Lipinski definition) is 4. The summed E-state index contributed by atoms with van der Waals surface area (Å²) in [7, 11) is 3.91. The molecule has 20 heavy (non-hydrogen) atoms. The van der Waals surface area contributed by atoms with E-state index in [1.54, 1.807) is 7.11 Å². The number of ether oxygens (including phenoxy) is 1. The van der Waals surface area contributed by atoms with E-state index in [2.05, 4.69) is 37.2 Å². The van der Waals surface area contributed by atoms with Gasteiger partial charge < -0.3 is 9.64 Å². The molecular formula is C16H31N3O. The van der Waals surface area contributed by atoms with Gasteiger partial charge in [0.1, 0.15) is 5.54 Å². The van der Waals surface area contributed by atoms with Crippen LogP contribution in [0.25, 0.3) is 0 Å². The van der Waals surface area contributed by atoms with Crippen molar-refractivity contribution in [3.05, 3.63) is 0 Å². The van der Waals surface area contributed by atoms with Gasteiger partial charge in [-0.1, -0.05) is 6.42 Å². The van der Waals surface area contributed by atoms with Gasteiger partial charge in [-0.25, -0.2) is 0 Å². The molecule has 0 amide bonds. The van der Waals surface area contributed by atoms with Crippen LogP contribution in [0.15, 0.2) is 0 Å². The smallest absolute Gasteiger partial charge is 0.109 e. The lowest BCUT2D eigenvalue weighted by molar-refractivity contribution is 0.174. The van der Waals surface area contributed by atoms with Gasteiger partial charge in [0.2, 0.25) is 0 Å². The molecule has 1 rings (SSSR count). The highest BCUT2D eigenvalue weighted by atomic mass is 16.5. The molecule has 0 aromatic rings. The average Bonchev–Trinajstić information content (AvgIpc) is 2.79. The molecule has 2 unspecified atom stereocenters. The minimum absolute atomic E-state index is 0.290. The highest BCUT2D eigenvalue weighted by Gasteiger charge is 2.43. The fraction of sp³-hybridized carbons (Fsp3) is 0.938. The van der Waals surface area contributed by atoms with Gasteiger partial charge in [0.05, 0.1) is 6.07 Å². The van der Waals surface area contributed by atoms with E-state index >= 15 is 0 Å². The minimum Gasteiger partial charge on any atom is -0.385 e. The van der Waals surface area contributed by atoms with E-state index in [0.717, 1.165) is 39.0 Å². The Hall–Kier alpha value is -0.630. The van der Waals surface area contributed by atoms with Crippen molar-refractivity contribution in [1.82, 2.24) is 10.2 Å². The van der Waals surface area contributed by atoms with E-state index in [9.17, 15) is 5.26 Å². The Morgan fingerprint density at radius 1 is 1.45 bits per heavy atom. The summed E-state index contributed by atoms with van der Waals surface area (Å²) in [6, 6.07) is 2.96. The van der Waals surface area contributed by atoms with Gasteiger partial charge in [0.25, 0.3) is 0 Å². The third-order valence-electron chi connectivity index (χ3n) is 4.31. The van der Waals surface area contributed by atoms with E-state index in [0.29, 0.717) is 12.0 Å². The van der Waals surface area contributed by atoms with Crippen LogP contribution in [0.3, 0.4) is 0 Å². The molecule has 4 heteroatoms. The van der Waals surface area contributed by atoms with Gasteiger partial charge in [0, 0.05) is 26.3 Å². The number of rotatable bonds is 9. The summed E-state index contributed by atoms with van der Waals surface area (Å²) in [5, 5.41) is 13.2. The fourth-order valence-electron chi connectivity index (χ4n) is 3.32. The molecule has 0 bridgehead atoms. The maximum Gasteiger partial charge on any atom is 0.109 e. The Morgan fingerprint density at radius 3 is 2.80 bits per heavy atom. The van der Waals surface area contributed by atoms with E-state index in [1.807, 2.05) is 0 Å². The summed E-state index contributed by atoms with van der Waals surface area (Å²) in [6.45, 7) is 7.22. The normalized spacial score (nSPS) is 26.4. The lowest BCUT2D eigenvalue weighted by Gasteiger charge is -2.33. The molecule has 4 nitrogen and oxygen atoms in total. The standard InChI is InChI=1S/C16H31N3O/c1-14(2)18-16(13-17)9-5-7-15(16)8-11-19(3)10-6-12-20-4/h14-15,18H,5-12H2,1-4H3. The monoisotopic (exact) mass is 281 g/mol. The molecule has 0 spiro atoms. The Labute approximate surface area is 124 Å². The van der Waals surface area contributed by atoms with Gasteiger partial charge in [-0.2, -0.15) is 5.26 Å². The number of nitriles is 1. The first kappa shape index (κ1) is 17.4. The van der Waals surface area contributed by atoms with Crippen molar-refractivity contribution in [2.75, 3.05) is 33.9 Å². The molecule has 1 saturated carbocycles. The van der Waals surface area contributed by atoms with Crippen LogP contribution in [0.1, 0.15) is 46.0 Å². The largest absolute Gasteiger partial charge is 0.385 e. The summed E-state index contributed by atoms with van der Waals surface area (Å²) in [4.78, 5) is 2.36. The average molecular weight is 281 g/mol. The van der Waals surface area contributed by atoms with Crippen molar-refractivity contribution in [1.29, 1.82) is 5.26 Å². The summed E-state index contributed by atoms with van der Waals surface area (Å²) in [6.07, 6.45) is 5.53. The summed E-state index contributed by atoms with van der Waals surface area (Å²) < 4.78 is 5.08. The highest BCUT2D eigenvalue weighted by molar-refractivity contribution is 5.14. The fourth-order valence-corrected chi connectivity index (χ4v) is 3.32. The van der Waals surface area contributed by atoms with Crippen LogP contribution in [0.5, 0.6) is 0 Å². The summed E-state index contributed by atoms with van der Waals surface area (Å²) >= 11 is 0. The zero-order valence-corrected chi connectivity index (χ0v) is 13.6. The lowest BCUT2D eigenvalue weighted by atomic mass is 9.85.